The van der Waals surface area contributed by atoms with Crippen LogP contribution in [0.1, 0.15) is 0 Å². The van der Waals surface area contributed by atoms with E-state index < -0.39 is 0 Å². The Balaban J connectivity index is 1.35. The summed E-state index contributed by atoms with van der Waals surface area (Å²) in [4.78, 5) is 2.37. The zero-order chi connectivity index (χ0) is 29.3. The Morgan fingerprint density at radius 2 is 0.909 bits per heavy atom. The first-order valence-corrected chi connectivity index (χ1v) is 15.0. The molecular weight excluding hydrogens is 532 g/mol. The molecule has 2 heteroatoms. The lowest BCUT2D eigenvalue weighted by molar-refractivity contribution is 1.18. The number of anilines is 3. The number of rotatable bonds is 6. The van der Waals surface area contributed by atoms with Crippen molar-refractivity contribution >= 4 is 38.9 Å². The molecule has 0 aliphatic carbocycles. The van der Waals surface area contributed by atoms with E-state index in [1.165, 1.54) is 44.1 Å². The first-order chi connectivity index (χ1) is 21.9. The van der Waals surface area contributed by atoms with Crippen LogP contribution in [0.25, 0.3) is 49.7 Å². The Kier molecular flexibility index (Phi) is 6.51. The second kappa shape index (κ2) is 11.1. The van der Waals surface area contributed by atoms with Crippen LogP contribution in [0.2, 0.25) is 0 Å². The Morgan fingerprint density at radius 1 is 0.364 bits per heavy atom. The van der Waals surface area contributed by atoms with Crippen molar-refractivity contribution in [3.8, 4) is 27.9 Å². The molecule has 1 aromatic heterocycles. The Labute approximate surface area is 257 Å². The van der Waals surface area contributed by atoms with Gasteiger partial charge < -0.3 is 9.47 Å². The highest BCUT2D eigenvalue weighted by Crippen LogP contribution is 2.45. The molecule has 0 unspecified atom stereocenters. The van der Waals surface area contributed by atoms with Crippen LogP contribution in [-0.4, -0.2) is 4.57 Å². The van der Waals surface area contributed by atoms with Crippen molar-refractivity contribution < 1.29 is 0 Å². The monoisotopic (exact) mass is 562 g/mol. The van der Waals surface area contributed by atoms with Crippen molar-refractivity contribution in [3.63, 3.8) is 0 Å². The Hall–Kier alpha value is -5.86. The van der Waals surface area contributed by atoms with E-state index in [1.54, 1.807) is 0 Å². The molecule has 0 N–H and O–H groups in total. The van der Waals surface area contributed by atoms with Gasteiger partial charge >= 0.3 is 0 Å². The van der Waals surface area contributed by atoms with Gasteiger partial charge in [-0.25, -0.2) is 0 Å². The Bertz CT molecular complexity index is 2200. The van der Waals surface area contributed by atoms with Crippen LogP contribution in [0.4, 0.5) is 17.1 Å². The van der Waals surface area contributed by atoms with Crippen molar-refractivity contribution in [1.82, 2.24) is 4.57 Å². The van der Waals surface area contributed by atoms with Crippen LogP contribution in [-0.2, 0) is 0 Å². The summed E-state index contributed by atoms with van der Waals surface area (Å²) in [6, 6.07) is 65.0. The van der Waals surface area contributed by atoms with Gasteiger partial charge in [0.1, 0.15) is 0 Å². The van der Waals surface area contributed by atoms with Gasteiger partial charge in [-0.3, -0.25) is 0 Å². The average molecular weight is 563 g/mol. The first kappa shape index (κ1) is 25.8. The van der Waals surface area contributed by atoms with Gasteiger partial charge in [0.15, 0.2) is 0 Å². The summed E-state index contributed by atoms with van der Waals surface area (Å²) in [5.41, 5.74) is 11.7. The molecule has 8 rings (SSSR count). The van der Waals surface area contributed by atoms with Gasteiger partial charge in [0.05, 0.1) is 16.7 Å². The van der Waals surface area contributed by atoms with Crippen molar-refractivity contribution in [2.75, 3.05) is 4.90 Å². The molecule has 0 fully saturated rings. The molecule has 7 aromatic carbocycles. The predicted octanol–water partition coefficient (Wildman–Crippen LogP) is 11.6. The smallest absolute Gasteiger partial charge is 0.0547 e. The highest BCUT2D eigenvalue weighted by molar-refractivity contribution is 6.16. The van der Waals surface area contributed by atoms with Crippen molar-refractivity contribution in [3.05, 3.63) is 182 Å². The third-order valence-corrected chi connectivity index (χ3v) is 8.39. The molecule has 0 amide bonds. The summed E-state index contributed by atoms with van der Waals surface area (Å²) < 4.78 is 2.38. The lowest BCUT2D eigenvalue weighted by Gasteiger charge is -2.28. The summed E-state index contributed by atoms with van der Waals surface area (Å²) in [5.74, 6) is 0. The summed E-state index contributed by atoms with van der Waals surface area (Å²) in [5, 5.41) is 2.50. The largest absolute Gasteiger partial charge is 0.310 e. The van der Waals surface area contributed by atoms with E-state index in [0.29, 0.717) is 0 Å². The highest BCUT2D eigenvalue weighted by atomic mass is 15.1. The van der Waals surface area contributed by atoms with Gasteiger partial charge in [0.25, 0.3) is 0 Å². The number of benzene rings is 7. The fourth-order valence-corrected chi connectivity index (χ4v) is 6.43. The second-order valence-electron chi connectivity index (χ2n) is 11.0. The third-order valence-electron chi connectivity index (χ3n) is 8.39. The van der Waals surface area contributed by atoms with E-state index in [-0.39, 0.29) is 0 Å². The maximum atomic E-state index is 2.38. The average Bonchev–Trinajstić information content (AvgIpc) is 3.45. The topological polar surface area (TPSA) is 8.17 Å². The normalized spacial score (nSPS) is 11.2. The molecule has 0 aliphatic rings. The van der Waals surface area contributed by atoms with Gasteiger partial charge in [-0.1, -0.05) is 127 Å². The summed E-state index contributed by atoms with van der Waals surface area (Å²) in [6.07, 6.45) is 0. The molecule has 8 aromatic rings. The molecule has 0 saturated carbocycles. The molecular formula is C42H30N2. The van der Waals surface area contributed by atoms with Gasteiger partial charge in [0, 0.05) is 33.4 Å². The van der Waals surface area contributed by atoms with E-state index >= 15 is 0 Å². The molecule has 2 nitrogen and oxygen atoms in total. The van der Waals surface area contributed by atoms with E-state index in [2.05, 4.69) is 191 Å². The number of para-hydroxylation sites is 4. The second-order valence-corrected chi connectivity index (χ2v) is 11.0. The minimum atomic E-state index is 1.11. The van der Waals surface area contributed by atoms with Gasteiger partial charge in [0.2, 0.25) is 0 Å². The van der Waals surface area contributed by atoms with E-state index in [9.17, 15) is 0 Å². The molecule has 0 atom stereocenters. The molecule has 0 spiro atoms. The lowest BCUT2D eigenvalue weighted by Crippen LogP contribution is -2.11. The minimum Gasteiger partial charge on any atom is -0.310 e. The predicted molar refractivity (Wildman–Crippen MR) is 186 cm³/mol. The van der Waals surface area contributed by atoms with Crippen LogP contribution in [0.5, 0.6) is 0 Å². The summed E-state index contributed by atoms with van der Waals surface area (Å²) in [6.45, 7) is 0. The molecule has 0 aliphatic heterocycles. The molecule has 0 radical (unpaired) electrons. The third kappa shape index (κ3) is 4.45. The number of aromatic nitrogens is 1. The van der Waals surface area contributed by atoms with Crippen LogP contribution < -0.4 is 4.90 Å². The summed E-state index contributed by atoms with van der Waals surface area (Å²) in [7, 11) is 0. The van der Waals surface area contributed by atoms with E-state index in [0.717, 1.165) is 22.7 Å². The first-order valence-electron chi connectivity index (χ1n) is 15.0. The molecule has 0 bridgehead atoms. The highest BCUT2D eigenvalue weighted by Gasteiger charge is 2.21. The number of hydrogen-bond donors (Lipinski definition) is 0. The maximum Gasteiger partial charge on any atom is 0.0547 e. The van der Waals surface area contributed by atoms with Gasteiger partial charge in [-0.05, 0) is 71.3 Å². The zero-order valence-electron chi connectivity index (χ0n) is 24.2. The quantitative estimate of drug-likeness (QED) is 0.196. The number of hydrogen-bond acceptors (Lipinski definition) is 1. The van der Waals surface area contributed by atoms with Crippen LogP contribution >= 0.6 is 0 Å². The minimum absolute atomic E-state index is 1.11. The van der Waals surface area contributed by atoms with Crippen LogP contribution in [0.3, 0.4) is 0 Å². The fourth-order valence-electron chi connectivity index (χ4n) is 6.43. The number of fused-ring (bicyclic) bond motifs is 3. The number of nitrogens with zero attached hydrogens (tertiary/aromatic N) is 2. The van der Waals surface area contributed by atoms with Gasteiger partial charge in [-0.2, -0.15) is 0 Å². The molecule has 0 saturated heterocycles. The Morgan fingerprint density at radius 3 is 1.68 bits per heavy atom. The van der Waals surface area contributed by atoms with Crippen molar-refractivity contribution in [2.24, 2.45) is 0 Å². The van der Waals surface area contributed by atoms with Crippen LogP contribution in [0, 0.1) is 0 Å². The van der Waals surface area contributed by atoms with E-state index in [1.807, 2.05) is 0 Å². The standard InChI is InChI=1S/C42H30N2/c1-4-15-31(16-5-1)32-27-29-35(30-28-32)43(33-17-6-2-7-18-33)39-24-12-10-21-36(39)37-23-14-26-41-42(37)38-22-11-13-25-40(38)44(41)34-19-8-3-9-20-34/h1-30H. The van der Waals surface area contributed by atoms with E-state index in [4.69, 9.17) is 0 Å². The van der Waals surface area contributed by atoms with Crippen molar-refractivity contribution in [2.45, 2.75) is 0 Å². The fraction of sp³-hybridized carbons (Fsp3) is 0. The SMILES string of the molecule is c1ccc(-c2ccc(N(c3ccccc3)c3ccccc3-c3cccc4c3c3ccccc3n4-c3ccccc3)cc2)cc1. The maximum absolute atomic E-state index is 2.38. The van der Waals surface area contributed by atoms with Crippen molar-refractivity contribution in [1.29, 1.82) is 0 Å². The lowest BCUT2D eigenvalue weighted by atomic mass is 9.96. The molecule has 208 valence electrons. The van der Waals surface area contributed by atoms with Gasteiger partial charge in [-0.15, -0.1) is 0 Å². The van der Waals surface area contributed by atoms with Crippen LogP contribution in [0.15, 0.2) is 182 Å². The zero-order valence-corrected chi connectivity index (χ0v) is 24.2. The molecule has 1 heterocycles. The molecule has 44 heavy (non-hydrogen) atoms. The summed E-state index contributed by atoms with van der Waals surface area (Å²) >= 11 is 0.